The molecule has 0 aliphatic heterocycles. The molecular formula is C20H22ClNO. The topological polar surface area (TPSA) is 29.1 Å². The normalized spacial score (nSPS) is 12.1. The van der Waals surface area contributed by atoms with Crippen LogP contribution in [0.2, 0.25) is 5.02 Å². The van der Waals surface area contributed by atoms with Crippen molar-refractivity contribution in [3.8, 4) is 0 Å². The monoisotopic (exact) mass is 327 g/mol. The van der Waals surface area contributed by atoms with Crippen LogP contribution in [0.25, 0.3) is 5.57 Å². The third-order valence-electron chi connectivity index (χ3n) is 3.37. The molecule has 2 rings (SSSR count). The molecule has 0 spiro atoms. The highest BCUT2D eigenvalue weighted by Crippen LogP contribution is 2.24. The molecule has 23 heavy (non-hydrogen) atoms. The van der Waals surface area contributed by atoms with Crippen LogP contribution in [-0.4, -0.2) is 5.91 Å². The molecule has 2 aromatic rings. The van der Waals surface area contributed by atoms with Crippen molar-refractivity contribution in [3.63, 3.8) is 0 Å². The molecule has 3 heteroatoms. The van der Waals surface area contributed by atoms with Crippen molar-refractivity contribution in [3.05, 3.63) is 70.8 Å². The zero-order valence-electron chi connectivity index (χ0n) is 14.0. The number of amides is 1. The molecule has 0 radical (unpaired) electrons. The van der Waals surface area contributed by atoms with E-state index in [1.165, 1.54) is 5.57 Å². The second-order valence-corrected chi connectivity index (χ2v) is 7.11. The fourth-order valence-corrected chi connectivity index (χ4v) is 2.56. The second kappa shape index (κ2) is 7.01. The van der Waals surface area contributed by atoms with Gasteiger partial charge in [-0.3, -0.25) is 4.79 Å². The Morgan fingerprint density at radius 3 is 2.13 bits per heavy atom. The maximum Gasteiger partial charge on any atom is 0.255 e. The Labute approximate surface area is 143 Å². The minimum atomic E-state index is -0.165. The maximum atomic E-state index is 12.3. The van der Waals surface area contributed by atoms with E-state index in [1.54, 1.807) is 12.1 Å². The first kappa shape index (κ1) is 17.3. The maximum absolute atomic E-state index is 12.3. The summed E-state index contributed by atoms with van der Waals surface area (Å²) >= 11 is 6.06. The van der Waals surface area contributed by atoms with E-state index in [-0.39, 0.29) is 11.3 Å². The van der Waals surface area contributed by atoms with Gasteiger partial charge < -0.3 is 5.32 Å². The molecule has 0 atom stereocenters. The summed E-state index contributed by atoms with van der Waals surface area (Å²) < 4.78 is 0. The van der Waals surface area contributed by atoms with Crippen LogP contribution in [0.5, 0.6) is 0 Å². The number of hydrogen-bond donors (Lipinski definition) is 1. The number of hydrogen-bond acceptors (Lipinski definition) is 1. The largest absolute Gasteiger partial charge is 0.321 e. The minimum absolute atomic E-state index is 0.129. The average Bonchev–Trinajstić information content (AvgIpc) is 2.48. The number of rotatable bonds is 3. The Bertz CT molecular complexity index is 724. The lowest BCUT2D eigenvalue weighted by Crippen LogP contribution is -2.12. The number of halogens is 1. The molecule has 2 aromatic carbocycles. The van der Waals surface area contributed by atoms with Crippen LogP contribution in [0.3, 0.4) is 0 Å². The van der Waals surface area contributed by atoms with Crippen LogP contribution >= 0.6 is 11.6 Å². The van der Waals surface area contributed by atoms with Gasteiger partial charge in [0.1, 0.15) is 0 Å². The molecule has 0 aromatic heterocycles. The van der Waals surface area contributed by atoms with Gasteiger partial charge in [-0.05, 0) is 47.7 Å². The number of anilines is 1. The quantitative estimate of drug-likeness (QED) is 0.731. The van der Waals surface area contributed by atoms with Gasteiger partial charge in [-0.25, -0.2) is 0 Å². The zero-order valence-corrected chi connectivity index (χ0v) is 14.7. The summed E-state index contributed by atoms with van der Waals surface area (Å²) in [6.45, 7) is 8.59. The van der Waals surface area contributed by atoms with Gasteiger partial charge >= 0.3 is 0 Å². The summed E-state index contributed by atoms with van der Waals surface area (Å²) in [7, 11) is 0. The van der Waals surface area contributed by atoms with Crippen molar-refractivity contribution in [2.45, 2.75) is 27.7 Å². The summed E-state index contributed by atoms with van der Waals surface area (Å²) in [6, 6.07) is 14.8. The predicted molar refractivity (Wildman–Crippen MR) is 99.0 cm³/mol. The SMILES string of the molecule is CC(=CC(C)(C)C)c1ccc(C(=O)Nc2ccccc2Cl)cc1. The minimum Gasteiger partial charge on any atom is -0.321 e. The molecule has 0 heterocycles. The van der Waals surface area contributed by atoms with Crippen LogP contribution < -0.4 is 5.32 Å². The standard InChI is InChI=1S/C20H22ClNO/c1-14(13-20(2,3)4)15-9-11-16(12-10-15)19(23)22-18-8-6-5-7-17(18)21/h5-13H,1-4H3,(H,22,23). The molecular weight excluding hydrogens is 306 g/mol. The van der Waals surface area contributed by atoms with Gasteiger partial charge in [0.2, 0.25) is 0 Å². The average molecular weight is 328 g/mol. The lowest BCUT2D eigenvalue weighted by Gasteiger charge is -2.14. The molecule has 1 amide bonds. The van der Waals surface area contributed by atoms with Gasteiger partial charge in [0, 0.05) is 5.56 Å². The van der Waals surface area contributed by atoms with Crippen LogP contribution in [0.4, 0.5) is 5.69 Å². The Morgan fingerprint density at radius 1 is 1.00 bits per heavy atom. The number of benzene rings is 2. The molecule has 0 saturated carbocycles. The van der Waals surface area contributed by atoms with E-state index in [0.29, 0.717) is 16.3 Å². The van der Waals surface area contributed by atoms with E-state index in [4.69, 9.17) is 11.6 Å². The summed E-state index contributed by atoms with van der Waals surface area (Å²) in [5.41, 5.74) is 3.68. The van der Waals surface area contributed by atoms with Crippen molar-refractivity contribution in [2.24, 2.45) is 5.41 Å². The van der Waals surface area contributed by atoms with Crippen LogP contribution in [0.1, 0.15) is 43.6 Å². The highest BCUT2D eigenvalue weighted by molar-refractivity contribution is 6.33. The molecule has 0 aliphatic carbocycles. The Balaban J connectivity index is 2.15. The van der Waals surface area contributed by atoms with Gasteiger partial charge in [0.15, 0.2) is 0 Å². The molecule has 0 aliphatic rings. The summed E-state index contributed by atoms with van der Waals surface area (Å²) in [4.78, 5) is 12.3. The smallest absolute Gasteiger partial charge is 0.255 e. The third-order valence-corrected chi connectivity index (χ3v) is 3.70. The van der Waals surface area contributed by atoms with Gasteiger partial charge in [-0.1, -0.05) is 62.7 Å². The molecule has 1 N–H and O–H groups in total. The summed E-state index contributed by atoms with van der Waals surface area (Å²) in [5.74, 6) is -0.165. The number of para-hydroxylation sites is 1. The Kier molecular flexibility index (Phi) is 5.27. The highest BCUT2D eigenvalue weighted by atomic mass is 35.5. The predicted octanol–water partition coefficient (Wildman–Crippen LogP) is 6.04. The van der Waals surface area contributed by atoms with Crippen LogP contribution in [-0.2, 0) is 0 Å². The van der Waals surface area contributed by atoms with Crippen molar-refractivity contribution in [1.82, 2.24) is 0 Å². The molecule has 120 valence electrons. The van der Waals surface area contributed by atoms with Crippen molar-refractivity contribution in [1.29, 1.82) is 0 Å². The molecule has 2 nitrogen and oxygen atoms in total. The van der Waals surface area contributed by atoms with E-state index in [0.717, 1.165) is 5.56 Å². The molecule has 0 saturated heterocycles. The number of allylic oxidation sites excluding steroid dienone is 2. The summed E-state index contributed by atoms with van der Waals surface area (Å²) in [6.07, 6.45) is 2.23. The fraction of sp³-hybridized carbons (Fsp3) is 0.250. The van der Waals surface area contributed by atoms with Gasteiger partial charge in [0.25, 0.3) is 5.91 Å². The molecule has 0 unspecified atom stereocenters. The van der Waals surface area contributed by atoms with Crippen LogP contribution in [0, 0.1) is 5.41 Å². The van der Waals surface area contributed by atoms with Crippen LogP contribution in [0.15, 0.2) is 54.6 Å². The van der Waals surface area contributed by atoms with Crippen molar-refractivity contribution >= 4 is 28.8 Å². The first-order valence-electron chi connectivity index (χ1n) is 7.62. The molecule has 0 bridgehead atoms. The number of nitrogens with one attached hydrogen (secondary N) is 1. The van der Waals surface area contributed by atoms with E-state index in [2.05, 4.69) is 39.1 Å². The van der Waals surface area contributed by atoms with E-state index >= 15 is 0 Å². The van der Waals surface area contributed by atoms with Gasteiger partial charge in [0.05, 0.1) is 10.7 Å². The van der Waals surface area contributed by atoms with E-state index in [9.17, 15) is 4.79 Å². The van der Waals surface area contributed by atoms with Crippen molar-refractivity contribution in [2.75, 3.05) is 5.32 Å². The van der Waals surface area contributed by atoms with E-state index in [1.807, 2.05) is 36.4 Å². The zero-order chi connectivity index (χ0) is 17.0. The number of carbonyl (C=O) groups is 1. The Hall–Kier alpha value is -2.06. The number of carbonyl (C=O) groups excluding carboxylic acids is 1. The first-order chi connectivity index (χ1) is 10.8. The first-order valence-corrected chi connectivity index (χ1v) is 8.00. The fourth-order valence-electron chi connectivity index (χ4n) is 2.37. The second-order valence-electron chi connectivity index (χ2n) is 6.70. The lowest BCUT2D eigenvalue weighted by atomic mass is 9.91. The highest BCUT2D eigenvalue weighted by Gasteiger charge is 2.10. The van der Waals surface area contributed by atoms with Gasteiger partial charge in [-0.15, -0.1) is 0 Å². The third kappa shape index (κ3) is 4.97. The van der Waals surface area contributed by atoms with Crippen molar-refractivity contribution < 1.29 is 4.79 Å². The van der Waals surface area contributed by atoms with E-state index < -0.39 is 0 Å². The lowest BCUT2D eigenvalue weighted by molar-refractivity contribution is 0.102. The summed E-state index contributed by atoms with van der Waals surface area (Å²) in [5, 5.41) is 3.36. The molecule has 0 fully saturated rings. The van der Waals surface area contributed by atoms with Gasteiger partial charge in [-0.2, -0.15) is 0 Å². The Morgan fingerprint density at radius 2 is 1.57 bits per heavy atom.